The Morgan fingerprint density at radius 2 is 1.15 bits per heavy atom. The van der Waals surface area contributed by atoms with Gasteiger partial charge in [-0.25, -0.2) is 0 Å². The Labute approximate surface area is 114 Å². The number of rotatable bonds is 5. The van der Waals surface area contributed by atoms with E-state index >= 15 is 0 Å². The molecule has 0 aliphatic rings. The van der Waals surface area contributed by atoms with Crippen molar-refractivity contribution in [1.29, 1.82) is 0 Å². The van der Waals surface area contributed by atoms with Gasteiger partial charge in [-0.15, -0.1) is 0 Å². The van der Waals surface area contributed by atoms with Gasteiger partial charge in [-0.05, 0) is 0 Å². The third kappa shape index (κ3) is 3.72. The molecule has 2 nitrogen and oxygen atoms in total. The van der Waals surface area contributed by atoms with Gasteiger partial charge in [0.15, 0.2) is 0 Å². The number of hydrogen-bond donors (Lipinski definition) is 0. The van der Waals surface area contributed by atoms with Crippen molar-refractivity contribution in [2.24, 2.45) is 0 Å². The predicted octanol–water partition coefficient (Wildman–Crippen LogP) is 3.93. The molecule has 0 aliphatic carbocycles. The molecule has 0 N–H and O–H groups in total. The van der Waals surface area contributed by atoms with Gasteiger partial charge in [0.25, 0.3) is 0 Å². The molecule has 0 aliphatic heterocycles. The number of halogens is 9. The van der Waals surface area contributed by atoms with Gasteiger partial charge in [-0.2, -0.15) is 0 Å². The molecule has 0 amide bonds. The Morgan fingerprint density at radius 1 is 0.800 bits per heavy atom. The maximum atomic E-state index is 13.0. The minimum absolute atomic E-state index is 1.17. The summed E-state index contributed by atoms with van der Waals surface area (Å²) in [4.78, 5) is 3.51. The standard InChI is InChI=1S/C4HF9O2S.3CH3.Sn/c5-1(6,3(9,10)11)2(7,8)4(12,13)16(14)15;;;;/h(H,14,15);3*1H3;/q;;;;+1/p-1. The van der Waals surface area contributed by atoms with Crippen molar-refractivity contribution in [2.45, 2.75) is 38.1 Å². The summed E-state index contributed by atoms with van der Waals surface area (Å²) in [6, 6.07) is 0. The summed E-state index contributed by atoms with van der Waals surface area (Å²) < 4.78 is 127. The van der Waals surface area contributed by atoms with Crippen molar-refractivity contribution in [3.05, 3.63) is 0 Å². The van der Waals surface area contributed by atoms with Crippen molar-refractivity contribution in [3.8, 4) is 0 Å². The molecule has 0 saturated carbocycles. The molecule has 0 bridgehead atoms. The van der Waals surface area contributed by atoms with Crippen molar-refractivity contribution in [2.75, 3.05) is 0 Å². The van der Waals surface area contributed by atoms with E-state index in [0.29, 0.717) is 0 Å². The molecule has 0 aromatic carbocycles. The zero-order chi connectivity index (χ0) is 16.8. The maximum absolute atomic E-state index is 13.0. The van der Waals surface area contributed by atoms with Gasteiger partial charge >= 0.3 is 114 Å². The van der Waals surface area contributed by atoms with Crippen molar-refractivity contribution in [3.63, 3.8) is 0 Å². The van der Waals surface area contributed by atoms with Gasteiger partial charge < -0.3 is 0 Å². The average molecular weight is 447 g/mol. The van der Waals surface area contributed by atoms with Crippen LogP contribution in [0.15, 0.2) is 0 Å². The van der Waals surface area contributed by atoms with Crippen LogP contribution in [0.5, 0.6) is 0 Å². The van der Waals surface area contributed by atoms with E-state index in [2.05, 4.69) is 2.52 Å². The minimum atomic E-state index is -7.06. The number of hydrogen-bond acceptors (Lipinski definition) is 2. The molecule has 1 unspecified atom stereocenters. The van der Waals surface area contributed by atoms with Crippen LogP contribution in [-0.2, 0) is 13.6 Å². The normalized spacial score (nSPS) is 17.2. The van der Waals surface area contributed by atoms with Crippen LogP contribution < -0.4 is 0 Å². The Kier molecular flexibility index (Phi) is 5.56. The van der Waals surface area contributed by atoms with Gasteiger partial charge in [-0.1, -0.05) is 0 Å². The second-order valence-electron chi connectivity index (χ2n) is 4.59. The molecule has 0 aromatic heterocycles. The Bertz CT molecular complexity index is 387. The van der Waals surface area contributed by atoms with Crippen molar-refractivity contribution < 1.29 is 46.2 Å². The SMILES string of the molecule is [CH3][Sn]([CH3])([CH3])[O]S(=O)C(F)(F)C(F)(F)C(F)(F)C(F)(F)F. The van der Waals surface area contributed by atoms with E-state index in [4.69, 9.17) is 0 Å². The first-order valence-electron chi connectivity index (χ1n) is 4.69. The molecule has 0 aromatic rings. The fourth-order valence-corrected chi connectivity index (χ4v) is 6.43. The van der Waals surface area contributed by atoms with Gasteiger partial charge in [0, 0.05) is 0 Å². The van der Waals surface area contributed by atoms with Crippen LogP contribution in [0, 0.1) is 0 Å². The van der Waals surface area contributed by atoms with E-state index in [1.54, 1.807) is 0 Å². The van der Waals surface area contributed by atoms with Crippen LogP contribution in [-0.4, -0.2) is 46.3 Å². The van der Waals surface area contributed by atoms with Crippen LogP contribution in [0.2, 0.25) is 14.8 Å². The van der Waals surface area contributed by atoms with E-state index in [1.807, 2.05) is 0 Å². The van der Waals surface area contributed by atoms with Crippen LogP contribution in [0.1, 0.15) is 0 Å². The molecule has 0 saturated heterocycles. The van der Waals surface area contributed by atoms with Crippen LogP contribution in [0.3, 0.4) is 0 Å². The molecular formula is C7H9F9O2SSn. The van der Waals surface area contributed by atoms with Gasteiger partial charge in [0.2, 0.25) is 0 Å². The van der Waals surface area contributed by atoms with E-state index in [1.165, 1.54) is 14.8 Å². The Morgan fingerprint density at radius 3 is 1.40 bits per heavy atom. The average Bonchev–Trinajstić information content (AvgIpc) is 2.12. The van der Waals surface area contributed by atoms with Crippen LogP contribution in [0.4, 0.5) is 39.5 Å². The fourth-order valence-electron chi connectivity index (χ4n) is 0.745. The monoisotopic (exact) mass is 448 g/mol. The summed E-state index contributed by atoms with van der Waals surface area (Å²) in [5, 5.41) is -6.20. The molecule has 122 valence electrons. The molecular weight excluding hydrogens is 438 g/mol. The third-order valence-corrected chi connectivity index (χ3v) is 8.55. The van der Waals surface area contributed by atoms with Gasteiger partial charge in [-0.3, -0.25) is 0 Å². The topological polar surface area (TPSA) is 26.3 Å². The second-order valence-corrected chi connectivity index (χ2v) is 19.2. The number of alkyl halides is 9. The predicted molar refractivity (Wildman–Crippen MR) is 53.5 cm³/mol. The molecule has 0 heterocycles. The quantitative estimate of drug-likeness (QED) is 0.472. The van der Waals surface area contributed by atoms with Crippen molar-refractivity contribution >= 4 is 29.9 Å². The molecule has 0 spiro atoms. The molecule has 20 heavy (non-hydrogen) atoms. The van der Waals surface area contributed by atoms with Crippen LogP contribution in [0.25, 0.3) is 0 Å². The van der Waals surface area contributed by atoms with E-state index in [9.17, 15) is 43.7 Å². The first-order valence-corrected chi connectivity index (χ1v) is 15.5. The summed E-state index contributed by atoms with van der Waals surface area (Å²) in [6.07, 6.45) is -6.94. The van der Waals surface area contributed by atoms with E-state index in [0.717, 1.165) is 0 Å². The zero-order valence-electron chi connectivity index (χ0n) is 10.1. The zero-order valence-corrected chi connectivity index (χ0v) is 13.8. The summed E-state index contributed by atoms with van der Waals surface area (Å²) in [5.41, 5.74) is 0. The molecule has 0 radical (unpaired) electrons. The third-order valence-electron chi connectivity index (χ3n) is 1.65. The van der Waals surface area contributed by atoms with E-state index in [-0.39, 0.29) is 0 Å². The fraction of sp³-hybridized carbons (Fsp3) is 1.00. The van der Waals surface area contributed by atoms with E-state index < -0.39 is 53.1 Å². The van der Waals surface area contributed by atoms with Crippen LogP contribution >= 0.6 is 0 Å². The Hall–Kier alpha value is 0.279. The summed E-state index contributed by atoms with van der Waals surface area (Å²) in [7, 11) is 0. The van der Waals surface area contributed by atoms with Gasteiger partial charge in [0.05, 0.1) is 0 Å². The van der Waals surface area contributed by atoms with Gasteiger partial charge in [0.1, 0.15) is 0 Å². The summed E-state index contributed by atoms with van der Waals surface area (Å²) in [5.74, 6) is -14.0. The molecule has 0 rings (SSSR count). The van der Waals surface area contributed by atoms with Crippen molar-refractivity contribution in [1.82, 2.24) is 0 Å². The summed E-state index contributed by atoms with van der Waals surface area (Å²) in [6.45, 7) is 0. The Balaban J connectivity index is 5.64. The second kappa shape index (κ2) is 5.48. The molecule has 13 heteroatoms. The first-order chi connectivity index (χ1) is 8.38. The molecule has 1 atom stereocenters. The summed E-state index contributed by atoms with van der Waals surface area (Å²) >= 11 is -8.20. The molecule has 0 fully saturated rings. The first kappa shape index (κ1) is 20.3.